The lowest BCUT2D eigenvalue weighted by molar-refractivity contribution is 0.183. The minimum atomic E-state index is -2.06. The molecule has 0 aromatic heterocycles. The molecule has 1 atom stereocenters. The fourth-order valence-corrected chi connectivity index (χ4v) is 6.48. The van der Waals surface area contributed by atoms with Crippen molar-refractivity contribution in [1.29, 1.82) is 0 Å². The van der Waals surface area contributed by atoms with Gasteiger partial charge in [0.05, 0.1) is 0 Å². The Kier molecular flexibility index (Phi) is 11.7. The average Bonchev–Trinajstić information content (AvgIpc) is 2.43. The van der Waals surface area contributed by atoms with Gasteiger partial charge < -0.3 is 8.85 Å². The third kappa shape index (κ3) is 8.37. The van der Waals surface area contributed by atoms with Crippen LogP contribution in [-0.2, 0) is 8.85 Å². The molecule has 0 fully saturated rings. The Labute approximate surface area is 135 Å². The van der Waals surface area contributed by atoms with E-state index in [0.717, 1.165) is 12.7 Å². The van der Waals surface area contributed by atoms with Gasteiger partial charge in [0.2, 0.25) is 0 Å². The summed E-state index contributed by atoms with van der Waals surface area (Å²) in [7, 11) is -0.209. The minimum Gasteiger partial charge on any atom is -0.397 e. The van der Waals surface area contributed by atoms with Crippen molar-refractivity contribution in [2.75, 3.05) is 13.7 Å². The van der Waals surface area contributed by atoms with Crippen LogP contribution in [0.4, 0.5) is 0 Å². The van der Waals surface area contributed by atoms with Crippen LogP contribution in [-0.4, -0.2) is 22.3 Å². The van der Waals surface area contributed by atoms with Crippen LogP contribution < -0.4 is 0 Å². The number of unbranched alkanes of at least 4 members (excludes halogenated alkanes) is 8. The van der Waals surface area contributed by atoms with Gasteiger partial charge in [0.15, 0.2) is 0 Å². The maximum Gasteiger partial charge on any atom is 0.343 e. The Morgan fingerprint density at radius 1 is 0.762 bits per heavy atom. The van der Waals surface area contributed by atoms with E-state index < -0.39 is 8.56 Å². The van der Waals surface area contributed by atoms with E-state index in [1.807, 2.05) is 7.11 Å². The molecule has 0 spiro atoms. The lowest BCUT2D eigenvalue weighted by Crippen LogP contribution is -2.49. The van der Waals surface area contributed by atoms with Crippen LogP contribution in [0.5, 0.6) is 0 Å². The maximum absolute atomic E-state index is 6.13. The van der Waals surface area contributed by atoms with Crippen molar-refractivity contribution in [3.8, 4) is 0 Å². The molecular formula is C18H40O2Si. The molecule has 0 radical (unpaired) electrons. The summed E-state index contributed by atoms with van der Waals surface area (Å²) in [4.78, 5) is 0. The standard InChI is InChI=1S/C18H40O2Si/c1-7-9-10-11-12-13-14-15-16-17-21(19-6,20-8-2)18(3,4)5/h7-17H2,1-6H3. The van der Waals surface area contributed by atoms with Crippen molar-refractivity contribution in [2.24, 2.45) is 0 Å². The molecule has 128 valence electrons. The van der Waals surface area contributed by atoms with Crippen LogP contribution in [0.3, 0.4) is 0 Å². The Balaban J connectivity index is 3.89. The van der Waals surface area contributed by atoms with Crippen LogP contribution >= 0.6 is 0 Å². The molecule has 0 aliphatic heterocycles. The normalized spacial score (nSPS) is 15.1. The van der Waals surface area contributed by atoms with Crippen LogP contribution in [0.15, 0.2) is 0 Å². The monoisotopic (exact) mass is 316 g/mol. The molecule has 0 rings (SSSR count). The van der Waals surface area contributed by atoms with E-state index in [-0.39, 0.29) is 5.04 Å². The van der Waals surface area contributed by atoms with Gasteiger partial charge in [-0.1, -0.05) is 85.5 Å². The van der Waals surface area contributed by atoms with Crippen molar-refractivity contribution in [3.63, 3.8) is 0 Å². The predicted octanol–water partition coefficient (Wildman–Crippen LogP) is 6.44. The first-order valence-corrected chi connectivity index (χ1v) is 11.1. The first-order valence-electron chi connectivity index (χ1n) is 9.12. The lowest BCUT2D eigenvalue weighted by atomic mass is 10.1. The molecule has 0 saturated heterocycles. The van der Waals surface area contributed by atoms with Crippen molar-refractivity contribution in [2.45, 2.75) is 103 Å². The van der Waals surface area contributed by atoms with Gasteiger partial charge in [-0.05, 0) is 13.0 Å². The second-order valence-corrected chi connectivity index (χ2v) is 11.4. The lowest BCUT2D eigenvalue weighted by Gasteiger charge is -2.39. The van der Waals surface area contributed by atoms with Crippen molar-refractivity contribution in [1.82, 2.24) is 0 Å². The van der Waals surface area contributed by atoms with Crippen molar-refractivity contribution >= 4 is 8.56 Å². The highest BCUT2D eigenvalue weighted by Crippen LogP contribution is 2.41. The summed E-state index contributed by atoms with van der Waals surface area (Å²) in [5.41, 5.74) is 0. The van der Waals surface area contributed by atoms with E-state index >= 15 is 0 Å². The summed E-state index contributed by atoms with van der Waals surface area (Å²) >= 11 is 0. The van der Waals surface area contributed by atoms with Crippen LogP contribution in [0, 0.1) is 0 Å². The Morgan fingerprint density at radius 3 is 1.62 bits per heavy atom. The number of hydrogen-bond donors (Lipinski definition) is 0. The molecule has 0 saturated carbocycles. The van der Waals surface area contributed by atoms with E-state index in [0.29, 0.717) is 0 Å². The highest BCUT2D eigenvalue weighted by molar-refractivity contribution is 6.70. The fraction of sp³-hybridized carbons (Fsp3) is 1.00. The minimum absolute atomic E-state index is 0.151. The summed E-state index contributed by atoms with van der Waals surface area (Å²) in [6, 6.07) is 1.14. The molecule has 3 heteroatoms. The number of hydrogen-bond acceptors (Lipinski definition) is 2. The zero-order valence-electron chi connectivity index (χ0n) is 15.6. The molecule has 0 aromatic rings. The van der Waals surface area contributed by atoms with Crippen molar-refractivity contribution in [3.05, 3.63) is 0 Å². The summed E-state index contributed by atoms with van der Waals surface area (Å²) in [6.07, 6.45) is 12.4. The summed E-state index contributed by atoms with van der Waals surface area (Å²) in [5.74, 6) is 0. The largest absolute Gasteiger partial charge is 0.397 e. The van der Waals surface area contributed by atoms with Gasteiger partial charge in [0.25, 0.3) is 0 Å². The summed E-state index contributed by atoms with van der Waals surface area (Å²) < 4.78 is 12.1. The number of rotatable bonds is 13. The van der Waals surface area contributed by atoms with Gasteiger partial charge in [-0.3, -0.25) is 0 Å². The average molecular weight is 317 g/mol. The molecule has 0 heterocycles. The Morgan fingerprint density at radius 2 is 1.24 bits per heavy atom. The maximum atomic E-state index is 6.13. The van der Waals surface area contributed by atoms with Crippen LogP contribution in [0.1, 0.15) is 92.4 Å². The molecule has 0 amide bonds. The predicted molar refractivity (Wildman–Crippen MR) is 96.1 cm³/mol. The van der Waals surface area contributed by atoms with Gasteiger partial charge >= 0.3 is 8.56 Å². The SMILES string of the molecule is CCCCCCCCCCC[Si](OC)(OCC)C(C)(C)C. The Hall–Kier alpha value is 0.137. The first-order chi connectivity index (χ1) is 9.93. The van der Waals surface area contributed by atoms with Crippen LogP contribution in [0.2, 0.25) is 11.1 Å². The second-order valence-electron chi connectivity index (χ2n) is 7.22. The van der Waals surface area contributed by atoms with E-state index in [2.05, 4.69) is 34.6 Å². The van der Waals surface area contributed by atoms with E-state index in [1.54, 1.807) is 0 Å². The van der Waals surface area contributed by atoms with Gasteiger partial charge in [0.1, 0.15) is 0 Å². The van der Waals surface area contributed by atoms with Gasteiger partial charge in [-0.25, -0.2) is 0 Å². The Bertz CT molecular complexity index is 238. The van der Waals surface area contributed by atoms with E-state index in [9.17, 15) is 0 Å². The zero-order valence-corrected chi connectivity index (χ0v) is 16.6. The molecule has 0 aliphatic carbocycles. The quantitative estimate of drug-likeness (QED) is 0.287. The van der Waals surface area contributed by atoms with Gasteiger partial charge in [0, 0.05) is 18.8 Å². The van der Waals surface area contributed by atoms with Gasteiger partial charge in [-0.2, -0.15) is 0 Å². The topological polar surface area (TPSA) is 18.5 Å². The first kappa shape index (κ1) is 21.1. The van der Waals surface area contributed by atoms with E-state index in [4.69, 9.17) is 8.85 Å². The highest BCUT2D eigenvalue weighted by atomic mass is 28.4. The molecule has 0 aliphatic rings. The smallest absolute Gasteiger partial charge is 0.343 e. The molecular weight excluding hydrogens is 276 g/mol. The molecule has 0 bridgehead atoms. The second kappa shape index (κ2) is 11.7. The molecule has 1 unspecified atom stereocenters. The summed E-state index contributed by atoms with van der Waals surface area (Å²) in [5, 5.41) is 0.151. The van der Waals surface area contributed by atoms with Gasteiger partial charge in [-0.15, -0.1) is 0 Å². The molecule has 2 nitrogen and oxygen atoms in total. The van der Waals surface area contributed by atoms with E-state index in [1.165, 1.54) is 57.8 Å². The van der Waals surface area contributed by atoms with Crippen molar-refractivity contribution < 1.29 is 8.85 Å². The third-order valence-corrected chi connectivity index (χ3v) is 9.17. The molecule has 0 aromatic carbocycles. The fourth-order valence-electron chi connectivity index (χ4n) is 3.03. The zero-order chi connectivity index (χ0) is 16.2. The highest BCUT2D eigenvalue weighted by Gasteiger charge is 2.47. The summed E-state index contributed by atoms with van der Waals surface area (Å²) in [6.45, 7) is 11.9. The molecule has 0 N–H and O–H groups in total. The van der Waals surface area contributed by atoms with Crippen LogP contribution in [0.25, 0.3) is 0 Å². The third-order valence-electron chi connectivity index (χ3n) is 4.46. The molecule has 21 heavy (non-hydrogen) atoms.